The van der Waals surface area contributed by atoms with Crippen LogP contribution >= 0.6 is 15.9 Å². The Morgan fingerprint density at radius 1 is 1.15 bits per heavy atom. The van der Waals surface area contributed by atoms with E-state index in [2.05, 4.69) is 26.3 Å². The highest BCUT2D eigenvalue weighted by atomic mass is 79.9. The molecule has 0 aliphatic heterocycles. The molecule has 0 aliphatic carbocycles. The quantitative estimate of drug-likeness (QED) is 0.592. The lowest BCUT2D eigenvalue weighted by molar-refractivity contribution is -0.121. The summed E-state index contributed by atoms with van der Waals surface area (Å²) in [6.45, 7) is 0.603. The summed E-state index contributed by atoms with van der Waals surface area (Å²) in [5.74, 6) is 0.844. The SMILES string of the molecule is COc1ccc(CCC(=O)NCCc2cnn(-c3ccccc3)c2)cc1Br. The lowest BCUT2D eigenvalue weighted by Crippen LogP contribution is -2.25. The Kier molecular flexibility index (Phi) is 6.65. The highest BCUT2D eigenvalue weighted by Crippen LogP contribution is 2.25. The van der Waals surface area contributed by atoms with Crippen molar-refractivity contribution >= 4 is 21.8 Å². The average Bonchev–Trinajstić information content (AvgIpc) is 3.16. The summed E-state index contributed by atoms with van der Waals surface area (Å²) in [6, 6.07) is 15.8. The van der Waals surface area contributed by atoms with Gasteiger partial charge in [0.1, 0.15) is 5.75 Å². The second-order valence-corrected chi connectivity index (χ2v) is 7.05. The molecule has 0 saturated heterocycles. The summed E-state index contributed by atoms with van der Waals surface area (Å²) in [7, 11) is 1.64. The average molecular weight is 428 g/mol. The van der Waals surface area contributed by atoms with Gasteiger partial charge >= 0.3 is 0 Å². The number of halogens is 1. The summed E-state index contributed by atoms with van der Waals surface area (Å²) in [5, 5.41) is 7.35. The molecule has 0 atom stereocenters. The van der Waals surface area contributed by atoms with Crippen molar-refractivity contribution in [2.24, 2.45) is 0 Å². The number of benzene rings is 2. The van der Waals surface area contributed by atoms with Crippen LogP contribution in [0.5, 0.6) is 5.75 Å². The number of carbonyl (C=O) groups is 1. The van der Waals surface area contributed by atoms with Crippen LogP contribution in [0.3, 0.4) is 0 Å². The van der Waals surface area contributed by atoms with Crippen LogP contribution < -0.4 is 10.1 Å². The summed E-state index contributed by atoms with van der Waals surface area (Å²) < 4.78 is 7.96. The van der Waals surface area contributed by atoms with Crippen molar-refractivity contribution in [3.05, 3.63) is 76.5 Å². The van der Waals surface area contributed by atoms with Crippen molar-refractivity contribution in [2.75, 3.05) is 13.7 Å². The Morgan fingerprint density at radius 3 is 2.70 bits per heavy atom. The maximum atomic E-state index is 12.1. The monoisotopic (exact) mass is 427 g/mol. The van der Waals surface area contributed by atoms with Crippen LogP contribution in [0, 0.1) is 0 Å². The Morgan fingerprint density at radius 2 is 1.96 bits per heavy atom. The molecule has 1 aromatic heterocycles. The zero-order chi connectivity index (χ0) is 19.1. The first kappa shape index (κ1) is 19.2. The highest BCUT2D eigenvalue weighted by molar-refractivity contribution is 9.10. The van der Waals surface area contributed by atoms with Gasteiger partial charge in [-0.15, -0.1) is 0 Å². The molecule has 27 heavy (non-hydrogen) atoms. The van der Waals surface area contributed by atoms with Gasteiger partial charge in [-0.1, -0.05) is 24.3 Å². The van der Waals surface area contributed by atoms with Crippen molar-refractivity contribution in [2.45, 2.75) is 19.3 Å². The van der Waals surface area contributed by atoms with Crippen molar-refractivity contribution in [1.29, 1.82) is 0 Å². The van der Waals surface area contributed by atoms with Gasteiger partial charge in [-0.05, 0) is 64.2 Å². The fraction of sp³-hybridized carbons (Fsp3) is 0.238. The molecule has 0 aliphatic rings. The number of nitrogens with zero attached hydrogens (tertiary/aromatic N) is 2. The second-order valence-electron chi connectivity index (χ2n) is 6.20. The van der Waals surface area contributed by atoms with E-state index in [4.69, 9.17) is 4.74 Å². The molecule has 1 N–H and O–H groups in total. The standard InChI is InChI=1S/C21H22BrN3O2/c1-27-20-9-7-16(13-19(20)22)8-10-21(26)23-12-11-17-14-24-25(15-17)18-5-3-2-4-6-18/h2-7,9,13-15H,8,10-12H2,1H3,(H,23,26). The number of hydrogen-bond acceptors (Lipinski definition) is 3. The zero-order valence-electron chi connectivity index (χ0n) is 15.2. The first-order valence-electron chi connectivity index (χ1n) is 8.84. The van der Waals surface area contributed by atoms with E-state index in [-0.39, 0.29) is 5.91 Å². The van der Waals surface area contributed by atoms with Crippen LogP contribution in [0.1, 0.15) is 17.5 Å². The predicted molar refractivity (Wildman–Crippen MR) is 109 cm³/mol. The minimum atomic E-state index is 0.0531. The van der Waals surface area contributed by atoms with Gasteiger partial charge in [0, 0.05) is 19.2 Å². The topological polar surface area (TPSA) is 56.1 Å². The molecule has 0 radical (unpaired) electrons. The van der Waals surface area contributed by atoms with Crippen molar-refractivity contribution in [1.82, 2.24) is 15.1 Å². The molecular formula is C21H22BrN3O2. The van der Waals surface area contributed by atoms with Crippen LogP contribution in [0.2, 0.25) is 0 Å². The van der Waals surface area contributed by atoms with E-state index < -0.39 is 0 Å². The van der Waals surface area contributed by atoms with E-state index in [1.54, 1.807) is 7.11 Å². The fourth-order valence-corrected chi connectivity index (χ4v) is 3.36. The third-order valence-electron chi connectivity index (χ3n) is 4.25. The summed E-state index contributed by atoms with van der Waals surface area (Å²) >= 11 is 3.47. The van der Waals surface area contributed by atoms with Crippen LogP contribution in [0.15, 0.2) is 65.4 Å². The van der Waals surface area contributed by atoms with Gasteiger partial charge < -0.3 is 10.1 Å². The molecule has 0 bridgehead atoms. The summed E-state index contributed by atoms with van der Waals surface area (Å²) in [5.41, 5.74) is 3.22. The number of hydrogen-bond donors (Lipinski definition) is 1. The van der Waals surface area contributed by atoms with Crippen molar-refractivity contribution in [3.8, 4) is 11.4 Å². The Hall–Kier alpha value is -2.60. The largest absolute Gasteiger partial charge is 0.496 e. The molecule has 6 heteroatoms. The molecule has 3 aromatic rings. The number of ether oxygens (including phenoxy) is 1. The number of carbonyl (C=O) groups excluding carboxylic acids is 1. The molecular weight excluding hydrogens is 406 g/mol. The maximum absolute atomic E-state index is 12.1. The van der Waals surface area contributed by atoms with Gasteiger partial charge in [0.2, 0.25) is 5.91 Å². The molecule has 1 heterocycles. The summed E-state index contributed by atoms with van der Waals surface area (Å²) in [6.07, 6.45) is 5.75. The number of nitrogens with one attached hydrogen (secondary N) is 1. The smallest absolute Gasteiger partial charge is 0.220 e. The third kappa shape index (κ3) is 5.44. The van der Waals surface area contributed by atoms with Crippen LogP contribution in [-0.4, -0.2) is 29.3 Å². The number of methoxy groups -OCH3 is 1. The fourth-order valence-electron chi connectivity index (χ4n) is 2.77. The number of aromatic nitrogens is 2. The van der Waals surface area contributed by atoms with E-state index >= 15 is 0 Å². The number of rotatable bonds is 8. The Balaban J connectivity index is 1.42. The minimum absolute atomic E-state index is 0.0531. The predicted octanol–water partition coefficient (Wildman–Crippen LogP) is 3.93. The van der Waals surface area contributed by atoms with Gasteiger partial charge in [0.15, 0.2) is 0 Å². The number of aryl methyl sites for hydroxylation is 1. The third-order valence-corrected chi connectivity index (χ3v) is 4.87. The normalized spacial score (nSPS) is 10.6. The number of amides is 1. The number of para-hydroxylation sites is 1. The van der Waals surface area contributed by atoms with Gasteiger partial charge in [-0.25, -0.2) is 4.68 Å². The zero-order valence-corrected chi connectivity index (χ0v) is 16.8. The molecule has 0 spiro atoms. The molecule has 140 valence electrons. The summed E-state index contributed by atoms with van der Waals surface area (Å²) in [4.78, 5) is 12.1. The van der Waals surface area contributed by atoms with Gasteiger partial charge in [-0.2, -0.15) is 5.10 Å². The molecule has 0 saturated carbocycles. The molecule has 1 amide bonds. The Bertz CT molecular complexity index is 893. The maximum Gasteiger partial charge on any atom is 0.220 e. The van der Waals surface area contributed by atoms with Crippen LogP contribution in [0.25, 0.3) is 5.69 Å². The first-order valence-corrected chi connectivity index (χ1v) is 9.63. The lowest BCUT2D eigenvalue weighted by Gasteiger charge is -2.07. The van der Waals surface area contributed by atoms with E-state index in [0.29, 0.717) is 19.4 Å². The minimum Gasteiger partial charge on any atom is -0.496 e. The van der Waals surface area contributed by atoms with Crippen molar-refractivity contribution < 1.29 is 9.53 Å². The lowest BCUT2D eigenvalue weighted by atomic mass is 10.1. The van der Waals surface area contributed by atoms with E-state index in [1.165, 1.54) is 0 Å². The van der Waals surface area contributed by atoms with E-state index in [0.717, 1.165) is 33.5 Å². The molecule has 0 unspecified atom stereocenters. The van der Waals surface area contributed by atoms with E-state index in [1.807, 2.05) is 65.6 Å². The van der Waals surface area contributed by atoms with Crippen molar-refractivity contribution in [3.63, 3.8) is 0 Å². The molecule has 5 nitrogen and oxygen atoms in total. The van der Waals surface area contributed by atoms with Crippen LogP contribution in [0.4, 0.5) is 0 Å². The van der Waals surface area contributed by atoms with Gasteiger partial charge in [0.05, 0.1) is 23.5 Å². The van der Waals surface area contributed by atoms with Gasteiger partial charge in [-0.3, -0.25) is 4.79 Å². The first-order chi connectivity index (χ1) is 13.2. The molecule has 2 aromatic carbocycles. The molecule has 3 rings (SSSR count). The van der Waals surface area contributed by atoms with Gasteiger partial charge in [0.25, 0.3) is 0 Å². The van der Waals surface area contributed by atoms with Crippen LogP contribution in [-0.2, 0) is 17.6 Å². The second kappa shape index (κ2) is 9.37. The van der Waals surface area contributed by atoms with E-state index in [9.17, 15) is 4.79 Å². The highest BCUT2D eigenvalue weighted by Gasteiger charge is 2.06. The Labute approximate surface area is 167 Å². The molecule has 0 fully saturated rings.